The van der Waals surface area contributed by atoms with Gasteiger partial charge in [0, 0.05) is 30.1 Å². The molecule has 26 heavy (non-hydrogen) atoms. The van der Waals surface area contributed by atoms with Crippen LogP contribution >= 0.6 is 0 Å². The lowest BCUT2D eigenvalue weighted by molar-refractivity contribution is 0.553. The third kappa shape index (κ3) is 3.09. The van der Waals surface area contributed by atoms with Gasteiger partial charge in [-0.1, -0.05) is 50.6 Å². The van der Waals surface area contributed by atoms with Crippen LogP contribution < -0.4 is 4.90 Å². The molecule has 3 aromatic rings. The maximum Gasteiger partial charge on any atom is 0.165 e. The SMILES string of the molecule is Cc1ccc(-c2cnn3c(N4CCCCC4)cc(C(C)(C)C)nc23)cc1. The van der Waals surface area contributed by atoms with Crippen molar-refractivity contribution in [3.05, 3.63) is 47.8 Å². The molecule has 136 valence electrons. The van der Waals surface area contributed by atoms with E-state index in [1.807, 2.05) is 10.7 Å². The Balaban J connectivity index is 1.92. The van der Waals surface area contributed by atoms with Gasteiger partial charge in [-0.2, -0.15) is 9.61 Å². The molecule has 4 nitrogen and oxygen atoms in total. The second-order valence-corrected chi connectivity index (χ2v) is 8.46. The van der Waals surface area contributed by atoms with E-state index in [4.69, 9.17) is 10.1 Å². The van der Waals surface area contributed by atoms with Crippen LogP contribution in [0.1, 0.15) is 51.3 Å². The highest BCUT2D eigenvalue weighted by atomic mass is 15.3. The largest absolute Gasteiger partial charge is 0.356 e. The van der Waals surface area contributed by atoms with Crippen LogP contribution in [-0.2, 0) is 5.41 Å². The average molecular weight is 348 g/mol. The van der Waals surface area contributed by atoms with Crippen molar-refractivity contribution in [3.8, 4) is 11.1 Å². The summed E-state index contributed by atoms with van der Waals surface area (Å²) in [7, 11) is 0. The minimum atomic E-state index is 0.00109. The number of aromatic nitrogens is 3. The molecule has 0 spiro atoms. The summed E-state index contributed by atoms with van der Waals surface area (Å²) in [5.41, 5.74) is 5.63. The van der Waals surface area contributed by atoms with Gasteiger partial charge in [-0.15, -0.1) is 0 Å². The summed E-state index contributed by atoms with van der Waals surface area (Å²) in [4.78, 5) is 7.51. The van der Waals surface area contributed by atoms with Crippen LogP contribution in [0.25, 0.3) is 16.8 Å². The highest BCUT2D eigenvalue weighted by Crippen LogP contribution is 2.31. The lowest BCUT2D eigenvalue weighted by atomic mass is 9.91. The highest BCUT2D eigenvalue weighted by molar-refractivity contribution is 5.78. The van der Waals surface area contributed by atoms with E-state index in [2.05, 4.69) is 62.9 Å². The van der Waals surface area contributed by atoms with E-state index in [-0.39, 0.29) is 5.41 Å². The third-order valence-electron chi connectivity index (χ3n) is 5.26. The molecular formula is C22H28N4. The minimum absolute atomic E-state index is 0.00109. The number of fused-ring (bicyclic) bond motifs is 1. The third-order valence-corrected chi connectivity index (χ3v) is 5.26. The second kappa shape index (κ2) is 6.42. The Kier molecular flexibility index (Phi) is 4.22. The molecule has 0 radical (unpaired) electrons. The minimum Gasteiger partial charge on any atom is -0.356 e. The normalized spacial score (nSPS) is 15.6. The first-order valence-corrected chi connectivity index (χ1v) is 9.65. The molecule has 1 fully saturated rings. The Hall–Kier alpha value is -2.36. The number of hydrogen-bond donors (Lipinski definition) is 0. The lowest BCUT2D eigenvalue weighted by Gasteiger charge is -2.30. The fraction of sp³-hybridized carbons (Fsp3) is 0.455. The van der Waals surface area contributed by atoms with Crippen molar-refractivity contribution >= 4 is 11.5 Å². The Labute approximate surface area is 155 Å². The lowest BCUT2D eigenvalue weighted by Crippen LogP contribution is -2.32. The van der Waals surface area contributed by atoms with Crippen LogP contribution in [0.15, 0.2) is 36.5 Å². The van der Waals surface area contributed by atoms with Crippen molar-refractivity contribution in [2.24, 2.45) is 0 Å². The summed E-state index contributed by atoms with van der Waals surface area (Å²) in [5.74, 6) is 1.18. The van der Waals surface area contributed by atoms with Gasteiger partial charge in [-0.3, -0.25) is 0 Å². The number of nitrogens with zero attached hydrogens (tertiary/aromatic N) is 4. The van der Waals surface area contributed by atoms with Gasteiger partial charge in [0.25, 0.3) is 0 Å². The highest BCUT2D eigenvalue weighted by Gasteiger charge is 2.23. The predicted molar refractivity (Wildman–Crippen MR) is 108 cm³/mol. The molecular weight excluding hydrogens is 320 g/mol. The van der Waals surface area contributed by atoms with Gasteiger partial charge in [0.1, 0.15) is 5.82 Å². The first kappa shape index (κ1) is 17.1. The maximum absolute atomic E-state index is 5.03. The molecule has 0 N–H and O–H groups in total. The smallest absolute Gasteiger partial charge is 0.165 e. The molecule has 0 saturated carbocycles. The Morgan fingerprint density at radius 1 is 0.962 bits per heavy atom. The number of benzene rings is 1. The van der Waals surface area contributed by atoms with Crippen LogP contribution in [0.2, 0.25) is 0 Å². The Morgan fingerprint density at radius 3 is 2.31 bits per heavy atom. The van der Waals surface area contributed by atoms with E-state index in [1.165, 1.54) is 36.2 Å². The maximum atomic E-state index is 5.03. The molecule has 0 bridgehead atoms. The molecule has 0 amide bonds. The van der Waals surface area contributed by atoms with Crippen molar-refractivity contribution in [2.45, 2.75) is 52.4 Å². The predicted octanol–water partition coefficient (Wildman–Crippen LogP) is 4.99. The molecule has 1 aliphatic heterocycles. The molecule has 4 heteroatoms. The monoisotopic (exact) mass is 348 g/mol. The summed E-state index contributed by atoms with van der Waals surface area (Å²) in [6.07, 6.45) is 5.79. The molecule has 4 rings (SSSR count). The standard InChI is InChI=1S/C22H28N4/c1-16-8-10-17(11-9-16)18-15-23-26-20(25-12-6-5-7-13-25)14-19(22(2,3)4)24-21(18)26/h8-11,14-15H,5-7,12-13H2,1-4H3. The molecule has 3 heterocycles. The van der Waals surface area contributed by atoms with Gasteiger partial charge in [-0.05, 0) is 31.7 Å². The summed E-state index contributed by atoms with van der Waals surface area (Å²) >= 11 is 0. The zero-order valence-electron chi connectivity index (χ0n) is 16.3. The first-order valence-electron chi connectivity index (χ1n) is 9.65. The molecule has 0 atom stereocenters. The quantitative estimate of drug-likeness (QED) is 0.654. The average Bonchev–Trinajstić information content (AvgIpc) is 3.05. The fourth-order valence-corrected chi connectivity index (χ4v) is 3.62. The van der Waals surface area contributed by atoms with Gasteiger partial charge in [0.05, 0.1) is 11.9 Å². The van der Waals surface area contributed by atoms with Crippen LogP contribution in [0, 0.1) is 6.92 Å². The number of piperidine rings is 1. The number of anilines is 1. The Morgan fingerprint density at radius 2 is 1.65 bits per heavy atom. The van der Waals surface area contributed by atoms with Gasteiger partial charge in [-0.25, -0.2) is 4.98 Å². The first-order chi connectivity index (χ1) is 12.4. The van der Waals surface area contributed by atoms with Gasteiger partial charge >= 0.3 is 0 Å². The van der Waals surface area contributed by atoms with E-state index in [0.29, 0.717) is 0 Å². The van der Waals surface area contributed by atoms with Crippen molar-refractivity contribution in [3.63, 3.8) is 0 Å². The summed E-state index contributed by atoms with van der Waals surface area (Å²) in [6.45, 7) is 11.0. The van der Waals surface area contributed by atoms with Crippen molar-refractivity contribution in [2.75, 3.05) is 18.0 Å². The van der Waals surface area contributed by atoms with E-state index in [9.17, 15) is 0 Å². The molecule has 0 aliphatic carbocycles. The molecule has 2 aromatic heterocycles. The van der Waals surface area contributed by atoms with E-state index in [1.54, 1.807) is 0 Å². The second-order valence-electron chi connectivity index (χ2n) is 8.46. The topological polar surface area (TPSA) is 33.4 Å². The van der Waals surface area contributed by atoms with Crippen molar-refractivity contribution in [1.29, 1.82) is 0 Å². The van der Waals surface area contributed by atoms with Crippen molar-refractivity contribution in [1.82, 2.24) is 14.6 Å². The molecule has 1 aromatic carbocycles. The summed E-state index contributed by atoms with van der Waals surface area (Å²) < 4.78 is 2.04. The van der Waals surface area contributed by atoms with Gasteiger partial charge < -0.3 is 4.90 Å². The van der Waals surface area contributed by atoms with E-state index >= 15 is 0 Å². The van der Waals surface area contributed by atoms with Crippen LogP contribution in [0.3, 0.4) is 0 Å². The van der Waals surface area contributed by atoms with E-state index in [0.717, 1.165) is 30.0 Å². The zero-order chi connectivity index (χ0) is 18.3. The Bertz CT molecular complexity index is 910. The molecule has 1 saturated heterocycles. The summed E-state index contributed by atoms with van der Waals surface area (Å²) in [6, 6.07) is 10.9. The van der Waals surface area contributed by atoms with Gasteiger partial charge in [0.2, 0.25) is 0 Å². The number of aryl methyl sites for hydroxylation is 1. The molecule has 0 unspecified atom stereocenters. The number of rotatable bonds is 2. The van der Waals surface area contributed by atoms with Crippen LogP contribution in [-0.4, -0.2) is 27.7 Å². The summed E-state index contributed by atoms with van der Waals surface area (Å²) in [5, 5.41) is 4.73. The van der Waals surface area contributed by atoms with Crippen LogP contribution in [0.5, 0.6) is 0 Å². The molecule has 1 aliphatic rings. The fourth-order valence-electron chi connectivity index (χ4n) is 3.62. The van der Waals surface area contributed by atoms with Crippen LogP contribution in [0.4, 0.5) is 5.82 Å². The number of hydrogen-bond acceptors (Lipinski definition) is 3. The zero-order valence-corrected chi connectivity index (χ0v) is 16.3. The van der Waals surface area contributed by atoms with Crippen molar-refractivity contribution < 1.29 is 0 Å². The van der Waals surface area contributed by atoms with Gasteiger partial charge in [0.15, 0.2) is 5.65 Å². The van der Waals surface area contributed by atoms with E-state index < -0.39 is 0 Å².